The van der Waals surface area contributed by atoms with Gasteiger partial charge in [-0.25, -0.2) is 0 Å². The van der Waals surface area contributed by atoms with Gasteiger partial charge in [0, 0.05) is 5.71 Å². The Morgan fingerprint density at radius 3 is 2.39 bits per heavy atom. The Morgan fingerprint density at radius 2 is 1.89 bits per heavy atom. The molecule has 1 atom stereocenters. The molecule has 18 heavy (non-hydrogen) atoms. The van der Waals surface area contributed by atoms with Crippen LogP contribution in [0.25, 0.3) is 0 Å². The molecular weight excluding hydrogens is 224 g/mol. The number of amides is 1. The van der Waals surface area contributed by atoms with E-state index >= 15 is 0 Å². The highest BCUT2D eigenvalue weighted by Gasteiger charge is 2.36. The van der Waals surface area contributed by atoms with E-state index in [0.29, 0.717) is 0 Å². The standard InChI is InChI=1S/C15H20N2O/c1-9(2)14-12(5)16-17(15(14)18)13-7-6-10(3)8-11(13)4/h6-9,14H,1-5H3. The smallest absolute Gasteiger partial charge is 0.256 e. The highest BCUT2D eigenvalue weighted by atomic mass is 16.2. The largest absolute Gasteiger partial charge is 0.272 e. The van der Waals surface area contributed by atoms with E-state index in [1.807, 2.05) is 32.9 Å². The first kappa shape index (κ1) is 12.8. The number of rotatable bonds is 2. The Hall–Kier alpha value is -1.64. The van der Waals surface area contributed by atoms with Gasteiger partial charge in [0.2, 0.25) is 0 Å². The Labute approximate surface area is 108 Å². The number of anilines is 1. The molecule has 1 amide bonds. The van der Waals surface area contributed by atoms with Gasteiger partial charge in [0.15, 0.2) is 0 Å². The number of carbonyl (C=O) groups is 1. The molecule has 1 aromatic carbocycles. The van der Waals surface area contributed by atoms with Crippen molar-refractivity contribution in [3.63, 3.8) is 0 Å². The maximum atomic E-state index is 12.4. The van der Waals surface area contributed by atoms with Crippen LogP contribution in [0.4, 0.5) is 5.69 Å². The zero-order chi connectivity index (χ0) is 13.4. The molecular formula is C15H20N2O. The van der Waals surface area contributed by atoms with E-state index in [1.54, 1.807) is 5.01 Å². The number of nitrogens with zero attached hydrogens (tertiary/aromatic N) is 2. The molecule has 0 saturated carbocycles. The lowest BCUT2D eigenvalue weighted by atomic mass is 9.91. The molecule has 1 aliphatic heterocycles. The van der Waals surface area contributed by atoms with Crippen LogP contribution in [0.15, 0.2) is 23.3 Å². The van der Waals surface area contributed by atoms with Crippen molar-refractivity contribution < 1.29 is 4.79 Å². The van der Waals surface area contributed by atoms with Crippen molar-refractivity contribution in [2.24, 2.45) is 16.9 Å². The second kappa shape index (κ2) is 4.56. The van der Waals surface area contributed by atoms with E-state index in [9.17, 15) is 4.79 Å². The van der Waals surface area contributed by atoms with Gasteiger partial charge < -0.3 is 0 Å². The molecule has 0 spiro atoms. The van der Waals surface area contributed by atoms with Crippen molar-refractivity contribution in [1.82, 2.24) is 0 Å². The first-order valence-corrected chi connectivity index (χ1v) is 6.38. The lowest BCUT2D eigenvalue weighted by Gasteiger charge is -2.18. The van der Waals surface area contributed by atoms with E-state index in [-0.39, 0.29) is 17.7 Å². The molecule has 0 N–H and O–H groups in total. The third-order valence-electron chi connectivity index (χ3n) is 3.43. The van der Waals surface area contributed by atoms with Crippen molar-refractivity contribution in [1.29, 1.82) is 0 Å². The molecule has 1 aliphatic rings. The topological polar surface area (TPSA) is 32.7 Å². The van der Waals surface area contributed by atoms with Crippen molar-refractivity contribution in [2.45, 2.75) is 34.6 Å². The van der Waals surface area contributed by atoms with Gasteiger partial charge >= 0.3 is 0 Å². The van der Waals surface area contributed by atoms with Crippen molar-refractivity contribution in [3.8, 4) is 0 Å². The molecule has 96 valence electrons. The second-order valence-electron chi connectivity index (χ2n) is 5.40. The van der Waals surface area contributed by atoms with E-state index < -0.39 is 0 Å². The van der Waals surface area contributed by atoms with Crippen LogP contribution < -0.4 is 5.01 Å². The first-order valence-electron chi connectivity index (χ1n) is 6.38. The third-order valence-corrected chi connectivity index (χ3v) is 3.43. The molecule has 0 aliphatic carbocycles. The molecule has 0 aromatic heterocycles. The minimum atomic E-state index is -0.0781. The summed E-state index contributed by atoms with van der Waals surface area (Å²) in [5, 5.41) is 6.00. The predicted octanol–water partition coefficient (Wildman–Crippen LogP) is 3.30. The minimum Gasteiger partial charge on any atom is -0.272 e. The van der Waals surface area contributed by atoms with Gasteiger partial charge in [-0.2, -0.15) is 10.1 Å². The summed E-state index contributed by atoms with van der Waals surface area (Å²) in [4.78, 5) is 12.4. The molecule has 2 rings (SSSR count). The normalized spacial score (nSPS) is 19.7. The quantitative estimate of drug-likeness (QED) is 0.785. The number of hydrogen-bond donors (Lipinski definition) is 0. The maximum Gasteiger partial charge on any atom is 0.256 e. The van der Waals surface area contributed by atoms with Gasteiger partial charge in [-0.1, -0.05) is 31.5 Å². The Bertz CT molecular complexity index is 517. The van der Waals surface area contributed by atoms with Crippen molar-refractivity contribution >= 4 is 17.3 Å². The summed E-state index contributed by atoms with van der Waals surface area (Å²) in [6.45, 7) is 10.1. The molecule has 0 saturated heterocycles. The van der Waals surface area contributed by atoms with Crippen molar-refractivity contribution in [2.75, 3.05) is 5.01 Å². The van der Waals surface area contributed by atoms with Crippen LogP contribution >= 0.6 is 0 Å². The van der Waals surface area contributed by atoms with Crippen LogP contribution in [0, 0.1) is 25.7 Å². The third kappa shape index (κ3) is 2.05. The zero-order valence-corrected chi connectivity index (χ0v) is 11.7. The Morgan fingerprint density at radius 1 is 1.22 bits per heavy atom. The minimum absolute atomic E-state index is 0.0781. The number of hydrogen-bond acceptors (Lipinski definition) is 2. The number of carbonyl (C=O) groups excluding carboxylic acids is 1. The fraction of sp³-hybridized carbons (Fsp3) is 0.467. The zero-order valence-electron chi connectivity index (χ0n) is 11.7. The monoisotopic (exact) mass is 244 g/mol. The Balaban J connectivity index is 2.39. The number of hydrazone groups is 1. The Kier molecular flexibility index (Phi) is 3.24. The predicted molar refractivity (Wildman–Crippen MR) is 74.8 cm³/mol. The summed E-state index contributed by atoms with van der Waals surface area (Å²) < 4.78 is 0. The summed E-state index contributed by atoms with van der Waals surface area (Å²) in [6, 6.07) is 6.07. The van der Waals surface area contributed by atoms with Gasteiger partial charge in [-0.05, 0) is 38.3 Å². The van der Waals surface area contributed by atoms with Gasteiger partial charge in [0.25, 0.3) is 5.91 Å². The van der Waals surface area contributed by atoms with E-state index in [0.717, 1.165) is 17.0 Å². The molecule has 0 bridgehead atoms. The first-order chi connectivity index (χ1) is 8.41. The fourth-order valence-corrected chi connectivity index (χ4v) is 2.56. The van der Waals surface area contributed by atoms with E-state index in [4.69, 9.17) is 0 Å². The summed E-state index contributed by atoms with van der Waals surface area (Å²) in [5.41, 5.74) is 4.09. The van der Waals surface area contributed by atoms with Gasteiger partial charge in [0.05, 0.1) is 11.6 Å². The van der Waals surface area contributed by atoms with E-state index in [1.165, 1.54) is 5.56 Å². The highest BCUT2D eigenvalue weighted by molar-refractivity contribution is 6.15. The average molecular weight is 244 g/mol. The number of aryl methyl sites for hydroxylation is 2. The van der Waals surface area contributed by atoms with Crippen LogP contribution in [0.3, 0.4) is 0 Å². The molecule has 1 unspecified atom stereocenters. The lowest BCUT2D eigenvalue weighted by Crippen LogP contribution is -2.30. The van der Waals surface area contributed by atoms with Crippen LogP contribution in [0.1, 0.15) is 31.9 Å². The van der Waals surface area contributed by atoms with Crippen LogP contribution in [-0.2, 0) is 4.79 Å². The second-order valence-corrected chi connectivity index (χ2v) is 5.40. The van der Waals surface area contributed by atoms with Crippen LogP contribution in [0.5, 0.6) is 0 Å². The van der Waals surface area contributed by atoms with Gasteiger partial charge in [-0.15, -0.1) is 0 Å². The molecule has 1 aromatic rings. The highest BCUT2D eigenvalue weighted by Crippen LogP contribution is 2.30. The van der Waals surface area contributed by atoms with E-state index in [2.05, 4.69) is 25.0 Å². The van der Waals surface area contributed by atoms with Crippen LogP contribution in [-0.4, -0.2) is 11.6 Å². The maximum absolute atomic E-state index is 12.4. The van der Waals surface area contributed by atoms with Crippen LogP contribution in [0.2, 0.25) is 0 Å². The summed E-state index contributed by atoms with van der Waals surface area (Å²) >= 11 is 0. The summed E-state index contributed by atoms with van der Waals surface area (Å²) in [6.07, 6.45) is 0. The SMILES string of the molecule is CC1=NN(c2ccc(C)cc2C)C(=O)C1C(C)C. The lowest BCUT2D eigenvalue weighted by molar-refractivity contribution is -0.120. The summed E-state index contributed by atoms with van der Waals surface area (Å²) in [5.74, 6) is 0.303. The molecule has 3 nitrogen and oxygen atoms in total. The molecule has 3 heteroatoms. The van der Waals surface area contributed by atoms with Gasteiger partial charge in [-0.3, -0.25) is 4.79 Å². The number of benzene rings is 1. The summed E-state index contributed by atoms with van der Waals surface area (Å²) in [7, 11) is 0. The molecule has 0 radical (unpaired) electrons. The molecule has 0 fully saturated rings. The van der Waals surface area contributed by atoms with Crippen molar-refractivity contribution in [3.05, 3.63) is 29.3 Å². The molecule has 1 heterocycles. The van der Waals surface area contributed by atoms with Gasteiger partial charge in [0.1, 0.15) is 0 Å². The average Bonchev–Trinajstić information content (AvgIpc) is 2.54. The fourth-order valence-electron chi connectivity index (χ4n) is 2.56.